The van der Waals surface area contributed by atoms with Gasteiger partial charge in [0.25, 0.3) is 0 Å². The first kappa shape index (κ1) is 16.2. The molecule has 0 bridgehead atoms. The lowest BCUT2D eigenvalue weighted by Gasteiger charge is -2.16. The molecule has 1 fully saturated rings. The minimum Gasteiger partial charge on any atom is -0.297 e. The molecule has 1 saturated heterocycles. The smallest absolute Gasteiger partial charge is 0.183 e. The second-order valence-corrected chi connectivity index (χ2v) is 10.1. The standard InChI is InChI=1S/C19H19N3O2S2/c1-21-8-13(7-20-21)9-22-10-17-16-6-14(15-4-5-25-12-15)2-3-18(16)26(23,24)19(17)11-22/h2-8,12,17,19H,9-11H2,1H3/t17-,19+/m1/s1. The Morgan fingerprint density at radius 3 is 2.85 bits per heavy atom. The quantitative estimate of drug-likeness (QED) is 0.696. The molecular formula is C19H19N3O2S2. The van der Waals surface area contributed by atoms with Crippen LogP contribution >= 0.6 is 11.3 Å². The first-order chi connectivity index (χ1) is 12.5. The van der Waals surface area contributed by atoms with Gasteiger partial charge in [-0.05, 0) is 45.6 Å². The topological polar surface area (TPSA) is 55.2 Å². The van der Waals surface area contributed by atoms with Gasteiger partial charge in [-0.25, -0.2) is 8.42 Å². The summed E-state index contributed by atoms with van der Waals surface area (Å²) in [6.07, 6.45) is 3.84. The van der Waals surface area contributed by atoms with E-state index in [1.54, 1.807) is 22.1 Å². The zero-order valence-electron chi connectivity index (χ0n) is 14.4. The number of fused-ring (bicyclic) bond motifs is 3. The molecule has 2 aliphatic heterocycles. The first-order valence-electron chi connectivity index (χ1n) is 8.62. The van der Waals surface area contributed by atoms with E-state index in [-0.39, 0.29) is 11.2 Å². The van der Waals surface area contributed by atoms with Gasteiger partial charge in [0.05, 0.1) is 16.3 Å². The van der Waals surface area contributed by atoms with Crippen LogP contribution in [0.5, 0.6) is 0 Å². The van der Waals surface area contributed by atoms with Crippen molar-refractivity contribution in [1.82, 2.24) is 14.7 Å². The van der Waals surface area contributed by atoms with E-state index in [4.69, 9.17) is 0 Å². The highest BCUT2D eigenvalue weighted by molar-refractivity contribution is 7.92. The van der Waals surface area contributed by atoms with Gasteiger partial charge in [0.2, 0.25) is 0 Å². The second kappa shape index (κ2) is 5.77. The van der Waals surface area contributed by atoms with Crippen LogP contribution in [0.15, 0.2) is 52.3 Å². The van der Waals surface area contributed by atoms with Crippen LogP contribution in [0.3, 0.4) is 0 Å². The number of aromatic nitrogens is 2. The third kappa shape index (κ3) is 2.46. The van der Waals surface area contributed by atoms with Crippen molar-refractivity contribution in [3.05, 3.63) is 58.5 Å². The third-order valence-electron chi connectivity index (χ3n) is 5.48. The number of sulfone groups is 1. The van der Waals surface area contributed by atoms with E-state index in [9.17, 15) is 8.42 Å². The summed E-state index contributed by atoms with van der Waals surface area (Å²) in [5, 5.41) is 8.03. The van der Waals surface area contributed by atoms with Crippen LogP contribution in [0.4, 0.5) is 0 Å². The summed E-state index contributed by atoms with van der Waals surface area (Å²) < 4.78 is 27.8. The van der Waals surface area contributed by atoms with Gasteiger partial charge in [-0.3, -0.25) is 9.58 Å². The number of nitrogens with zero attached hydrogens (tertiary/aromatic N) is 3. The molecule has 2 aliphatic rings. The maximum atomic E-state index is 13.0. The minimum atomic E-state index is -3.25. The molecule has 0 saturated carbocycles. The molecule has 7 heteroatoms. The summed E-state index contributed by atoms with van der Waals surface area (Å²) in [4.78, 5) is 2.77. The summed E-state index contributed by atoms with van der Waals surface area (Å²) in [5.74, 6) is 0.0604. The highest BCUT2D eigenvalue weighted by Gasteiger charge is 2.50. The van der Waals surface area contributed by atoms with Crippen molar-refractivity contribution < 1.29 is 8.42 Å². The molecule has 5 nitrogen and oxygen atoms in total. The molecule has 1 aromatic carbocycles. The van der Waals surface area contributed by atoms with E-state index in [1.807, 2.05) is 30.9 Å². The maximum Gasteiger partial charge on any atom is 0.183 e. The van der Waals surface area contributed by atoms with Crippen molar-refractivity contribution in [1.29, 1.82) is 0 Å². The van der Waals surface area contributed by atoms with Gasteiger partial charge in [-0.15, -0.1) is 0 Å². The van der Waals surface area contributed by atoms with Crippen LogP contribution in [0.2, 0.25) is 0 Å². The Labute approximate surface area is 156 Å². The van der Waals surface area contributed by atoms with Gasteiger partial charge in [0.15, 0.2) is 9.84 Å². The van der Waals surface area contributed by atoms with E-state index in [1.165, 1.54) is 0 Å². The van der Waals surface area contributed by atoms with Crippen molar-refractivity contribution in [2.75, 3.05) is 13.1 Å². The van der Waals surface area contributed by atoms with Gasteiger partial charge in [-0.1, -0.05) is 6.07 Å². The fourth-order valence-corrected chi connectivity index (χ4v) is 7.13. The first-order valence-corrected chi connectivity index (χ1v) is 11.1. The molecule has 3 aromatic rings. The highest BCUT2D eigenvalue weighted by Crippen LogP contribution is 2.46. The van der Waals surface area contributed by atoms with Crippen LogP contribution < -0.4 is 0 Å². The van der Waals surface area contributed by atoms with Crippen LogP contribution in [-0.2, 0) is 23.4 Å². The third-order valence-corrected chi connectivity index (χ3v) is 8.42. The van der Waals surface area contributed by atoms with Crippen molar-refractivity contribution in [3.8, 4) is 11.1 Å². The number of hydrogen-bond donors (Lipinski definition) is 0. The van der Waals surface area contributed by atoms with Crippen LogP contribution in [0, 0.1) is 0 Å². The largest absolute Gasteiger partial charge is 0.297 e. The fourth-order valence-electron chi connectivity index (χ4n) is 4.27. The van der Waals surface area contributed by atoms with Gasteiger partial charge < -0.3 is 0 Å². The molecule has 0 unspecified atom stereocenters. The Hall–Kier alpha value is -1.96. The molecule has 2 atom stereocenters. The summed E-state index contributed by atoms with van der Waals surface area (Å²) in [6, 6.07) is 7.91. The van der Waals surface area contributed by atoms with Crippen molar-refractivity contribution in [3.63, 3.8) is 0 Å². The summed E-state index contributed by atoms with van der Waals surface area (Å²) in [5.41, 5.74) is 4.37. The lowest BCUT2D eigenvalue weighted by molar-refractivity contribution is 0.325. The monoisotopic (exact) mass is 385 g/mol. The molecule has 0 radical (unpaired) electrons. The van der Waals surface area contributed by atoms with Gasteiger partial charge >= 0.3 is 0 Å². The second-order valence-electron chi connectivity index (χ2n) is 7.17. The number of rotatable bonds is 3. The Morgan fingerprint density at radius 2 is 2.12 bits per heavy atom. The highest BCUT2D eigenvalue weighted by atomic mass is 32.2. The lowest BCUT2D eigenvalue weighted by atomic mass is 9.95. The average molecular weight is 386 g/mol. The molecule has 26 heavy (non-hydrogen) atoms. The predicted molar refractivity (Wildman–Crippen MR) is 102 cm³/mol. The van der Waals surface area contributed by atoms with E-state index < -0.39 is 9.84 Å². The van der Waals surface area contributed by atoms with Gasteiger partial charge in [0.1, 0.15) is 0 Å². The molecule has 0 amide bonds. The molecule has 5 rings (SSSR count). The fraction of sp³-hybridized carbons (Fsp3) is 0.316. The van der Waals surface area contributed by atoms with Gasteiger partial charge in [0, 0.05) is 44.4 Å². The predicted octanol–water partition coefficient (Wildman–Crippen LogP) is 2.90. The van der Waals surface area contributed by atoms with E-state index in [2.05, 4.69) is 27.5 Å². The minimum absolute atomic E-state index is 0.0604. The molecule has 134 valence electrons. The molecule has 2 aromatic heterocycles. The van der Waals surface area contributed by atoms with Crippen LogP contribution in [0.1, 0.15) is 17.0 Å². The SMILES string of the molecule is Cn1cc(CN2C[C@@H]3c4cc(-c5ccsc5)ccc4S(=O)(=O)[C@H]3C2)cn1. The molecule has 0 aliphatic carbocycles. The Morgan fingerprint density at radius 1 is 1.23 bits per heavy atom. The van der Waals surface area contributed by atoms with Crippen molar-refractivity contribution in [2.24, 2.45) is 7.05 Å². The number of likely N-dealkylation sites (tertiary alicyclic amines) is 1. The Balaban J connectivity index is 1.48. The lowest BCUT2D eigenvalue weighted by Crippen LogP contribution is -2.25. The van der Waals surface area contributed by atoms with Gasteiger partial charge in [-0.2, -0.15) is 16.4 Å². The zero-order chi connectivity index (χ0) is 17.9. The number of thiophene rings is 1. The Bertz CT molecular complexity index is 1070. The molecule has 4 heterocycles. The van der Waals surface area contributed by atoms with Crippen molar-refractivity contribution in [2.45, 2.75) is 22.6 Å². The summed E-state index contributed by atoms with van der Waals surface area (Å²) >= 11 is 1.66. The summed E-state index contributed by atoms with van der Waals surface area (Å²) in [6.45, 7) is 2.11. The molecule has 0 spiro atoms. The maximum absolute atomic E-state index is 13.0. The average Bonchev–Trinajstić information content (AvgIpc) is 3.37. The normalized spacial score (nSPS) is 23.9. The van der Waals surface area contributed by atoms with E-state index in [0.29, 0.717) is 11.4 Å². The van der Waals surface area contributed by atoms with E-state index >= 15 is 0 Å². The molecular weight excluding hydrogens is 366 g/mol. The summed E-state index contributed by atoms with van der Waals surface area (Å²) in [7, 11) is -1.35. The zero-order valence-corrected chi connectivity index (χ0v) is 16.0. The molecule has 0 N–H and O–H groups in total. The van der Waals surface area contributed by atoms with Crippen LogP contribution in [0.25, 0.3) is 11.1 Å². The van der Waals surface area contributed by atoms with Crippen molar-refractivity contribution >= 4 is 21.2 Å². The van der Waals surface area contributed by atoms with E-state index in [0.717, 1.165) is 35.3 Å². The van der Waals surface area contributed by atoms with Crippen LogP contribution in [-0.4, -0.2) is 41.4 Å². The number of hydrogen-bond acceptors (Lipinski definition) is 5. The number of aryl methyl sites for hydroxylation is 1. The Kier molecular flexibility index (Phi) is 3.60. The number of benzene rings is 1.